The first-order valence-electron chi connectivity index (χ1n) is 6.54. The summed E-state index contributed by atoms with van der Waals surface area (Å²) in [4.78, 5) is 2.60. The van der Waals surface area contributed by atoms with Crippen LogP contribution in [-0.2, 0) is 0 Å². The zero-order valence-corrected chi connectivity index (χ0v) is 10.9. The lowest BCUT2D eigenvalue weighted by molar-refractivity contribution is 0.0733. The van der Waals surface area contributed by atoms with Crippen molar-refractivity contribution in [2.75, 3.05) is 13.1 Å². The second-order valence-corrected chi connectivity index (χ2v) is 5.56. The summed E-state index contributed by atoms with van der Waals surface area (Å²) in [6.07, 6.45) is 3.74. The molecule has 0 amide bonds. The summed E-state index contributed by atoms with van der Waals surface area (Å²) in [5.41, 5.74) is 6.13. The SMILES string of the molecule is CCCC(N)CN1CC(C)CC(C)C1C. The van der Waals surface area contributed by atoms with E-state index in [4.69, 9.17) is 5.73 Å². The van der Waals surface area contributed by atoms with Crippen molar-refractivity contribution in [1.29, 1.82) is 0 Å². The third-order valence-corrected chi connectivity index (χ3v) is 3.85. The van der Waals surface area contributed by atoms with Crippen molar-refractivity contribution >= 4 is 0 Å². The van der Waals surface area contributed by atoms with Gasteiger partial charge in [0, 0.05) is 25.2 Å². The maximum atomic E-state index is 6.13. The van der Waals surface area contributed by atoms with Crippen LogP contribution in [0.3, 0.4) is 0 Å². The van der Waals surface area contributed by atoms with E-state index < -0.39 is 0 Å². The molecule has 1 fully saturated rings. The molecule has 1 aliphatic rings. The Bertz CT molecular complexity index is 181. The van der Waals surface area contributed by atoms with Gasteiger partial charge in [-0.1, -0.05) is 27.2 Å². The van der Waals surface area contributed by atoms with Crippen LogP contribution in [0.4, 0.5) is 0 Å². The minimum absolute atomic E-state index is 0.370. The highest BCUT2D eigenvalue weighted by Crippen LogP contribution is 2.26. The van der Waals surface area contributed by atoms with Crippen LogP contribution in [0.25, 0.3) is 0 Å². The Balaban J connectivity index is 2.44. The topological polar surface area (TPSA) is 29.3 Å². The second kappa shape index (κ2) is 5.86. The molecule has 15 heavy (non-hydrogen) atoms. The minimum atomic E-state index is 0.370. The van der Waals surface area contributed by atoms with Gasteiger partial charge in [0.2, 0.25) is 0 Å². The quantitative estimate of drug-likeness (QED) is 0.776. The Morgan fingerprint density at radius 3 is 2.60 bits per heavy atom. The summed E-state index contributed by atoms with van der Waals surface area (Å²) in [5, 5.41) is 0. The number of nitrogens with zero attached hydrogens (tertiary/aromatic N) is 1. The van der Waals surface area contributed by atoms with Crippen LogP contribution < -0.4 is 5.73 Å². The van der Waals surface area contributed by atoms with E-state index in [2.05, 4.69) is 32.6 Å². The number of piperidine rings is 1. The summed E-state index contributed by atoms with van der Waals surface area (Å²) in [5.74, 6) is 1.66. The Labute approximate surface area is 95.2 Å². The Morgan fingerprint density at radius 2 is 2.00 bits per heavy atom. The van der Waals surface area contributed by atoms with Gasteiger partial charge in [0.25, 0.3) is 0 Å². The molecule has 2 N–H and O–H groups in total. The number of likely N-dealkylation sites (tertiary alicyclic amines) is 1. The van der Waals surface area contributed by atoms with Gasteiger partial charge in [-0.3, -0.25) is 4.90 Å². The van der Waals surface area contributed by atoms with Crippen LogP contribution in [0.5, 0.6) is 0 Å². The van der Waals surface area contributed by atoms with E-state index in [0.717, 1.165) is 24.8 Å². The van der Waals surface area contributed by atoms with E-state index in [9.17, 15) is 0 Å². The van der Waals surface area contributed by atoms with Crippen molar-refractivity contribution in [2.45, 2.75) is 59.0 Å². The van der Waals surface area contributed by atoms with Gasteiger partial charge >= 0.3 is 0 Å². The van der Waals surface area contributed by atoms with E-state index in [1.54, 1.807) is 0 Å². The molecule has 2 nitrogen and oxygen atoms in total. The Morgan fingerprint density at radius 1 is 1.33 bits per heavy atom. The predicted molar refractivity (Wildman–Crippen MR) is 66.9 cm³/mol. The van der Waals surface area contributed by atoms with Crippen molar-refractivity contribution in [1.82, 2.24) is 4.90 Å². The van der Waals surface area contributed by atoms with E-state index in [0.29, 0.717) is 12.1 Å². The molecular weight excluding hydrogens is 184 g/mol. The van der Waals surface area contributed by atoms with Gasteiger partial charge in [0.05, 0.1) is 0 Å². The highest BCUT2D eigenvalue weighted by molar-refractivity contribution is 4.83. The number of hydrogen-bond donors (Lipinski definition) is 1. The number of rotatable bonds is 4. The third kappa shape index (κ3) is 3.76. The van der Waals surface area contributed by atoms with E-state index in [1.807, 2.05) is 0 Å². The average Bonchev–Trinajstić information content (AvgIpc) is 2.13. The van der Waals surface area contributed by atoms with Gasteiger partial charge in [0.1, 0.15) is 0 Å². The van der Waals surface area contributed by atoms with Crippen LogP contribution in [0, 0.1) is 11.8 Å². The van der Waals surface area contributed by atoms with Crippen molar-refractivity contribution in [3.05, 3.63) is 0 Å². The van der Waals surface area contributed by atoms with Crippen molar-refractivity contribution in [3.63, 3.8) is 0 Å². The fraction of sp³-hybridized carbons (Fsp3) is 1.00. The molecule has 0 aromatic rings. The minimum Gasteiger partial charge on any atom is -0.327 e. The van der Waals surface area contributed by atoms with Crippen molar-refractivity contribution in [3.8, 4) is 0 Å². The van der Waals surface area contributed by atoms with Crippen LogP contribution in [-0.4, -0.2) is 30.1 Å². The summed E-state index contributed by atoms with van der Waals surface area (Å²) in [7, 11) is 0. The average molecular weight is 212 g/mol. The van der Waals surface area contributed by atoms with Gasteiger partial charge in [0.15, 0.2) is 0 Å². The molecule has 4 unspecified atom stereocenters. The second-order valence-electron chi connectivity index (χ2n) is 5.56. The molecular formula is C13H28N2. The maximum absolute atomic E-state index is 6.13. The molecule has 0 radical (unpaired) electrons. The van der Waals surface area contributed by atoms with Crippen LogP contribution in [0.15, 0.2) is 0 Å². The predicted octanol–water partition coefficient (Wildman–Crippen LogP) is 2.48. The number of nitrogens with two attached hydrogens (primary N) is 1. The molecule has 0 aromatic heterocycles. The molecule has 90 valence electrons. The van der Waals surface area contributed by atoms with Gasteiger partial charge in [-0.2, -0.15) is 0 Å². The molecule has 1 rings (SSSR count). The lowest BCUT2D eigenvalue weighted by Gasteiger charge is -2.42. The molecule has 4 atom stereocenters. The molecule has 0 saturated carbocycles. The molecule has 0 bridgehead atoms. The zero-order chi connectivity index (χ0) is 11.4. The lowest BCUT2D eigenvalue weighted by atomic mass is 9.85. The monoisotopic (exact) mass is 212 g/mol. The standard InChI is InChI=1S/C13H28N2/c1-5-6-13(14)9-15-8-10(2)7-11(3)12(15)4/h10-13H,5-9,14H2,1-4H3. The van der Waals surface area contributed by atoms with Gasteiger partial charge in [-0.05, 0) is 31.6 Å². The van der Waals surface area contributed by atoms with E-state index >= 15 is 0 Å². The molecule has 0 spiro atoms. The van der Waals surface area contributed by atoms with E-state index in [-0.39, 0.29) is 0 Å². The maximum Gasteiger partial charge on any atom is 0.0167 e. The fourth-order valence-corrected chi connectivity index (χ4v) is 2.84. The smallest absolute Gasteiger partial charge is 0.0167 e. The van der Waals surface area contributed by atoms with Gasteiger partial charge < -0.3 is 5.73 Å². The van der Waals surface area contributed by atoms with E-state index in [1.165, 1.54) is 19.4 Å². The molecule has 0 aromatic carbocycles. The third-order valence-electron chi connectivity index (χ3n) is 3.85. The molecule has 1 heterocycles. The van der Waals surface area contributed by atoms with Crippen LogP contribution in [0.2, 0.25) is 0 Å². The Hall–Kier alpha value is -0.0800. The first-order chi connectivity index (χ1) is 7.04. The summed E-state index contributed by atoms with van der Waals surface area (Å²) < 4.78 is 0. The first kappa shape index (κ1) is 13.0. The largest absolute Gasteiger partial charge is 0.327 e. The van der Waals surface area contributed by atoms with Gasteiger partial charge in [-0.15, -0.1) is 0 Å². The van der Waals surface area contributed by atoms with Crippen molar-refractivity contribution in [2.24, 2.45) is 17.6 Å². The summed E-state index contributed by atoms with van der Waals surface area (Å²) in [6.45, 7) is 11.6. The summed E-state index contributed by atoms with van der Waals surface area (Å²) >= 11 is 0. The normalized spacial score (nSPS) is 35.4. The lowest BCUT2D eigenvalue weighted by Crippen LogP contribution is -2.50. The van der Waals surface area contributed by atoms with Gasteiger partial charge in [-0.25, -0.2) is 0 Å². The molecule has 1 aliphatic heterocycles. The highest BCUT2D eigenvalue weighted by atomic mass is 15.2. The molecule has 0 aliphatic carbocycles. The highest BCUT2D eigenvalue weighted by Gasteiger charge is 2.29. The van der Waals surface area contributed by atoms with Crippen LogP contribution >= 0.6 is 0 Å². The van der Waals surface area contributed by atoms with Crippen LogP contribution in [0.1, 0.15) is 47.0 Å². The van der Waals surface area contributed by atoms with Crippen molar-refractivity contribution < 1.29 is 0 Å². The zero-order valence-electron chi connectivity index (χ0n) is 10.9. The molecule has 1 saturated heterocycles. The number of hydrogen-bond acceptors (Lipinski definition) is 2. The molecule has 2 heteroatoms. The summed E-state index contributed by atoms with van der Waals surface area (Å²) in [6, 6.07) is 1.08. The first-order valence-corrected chi connectivity index (χ1v) is 6.54. The fourth-order valence-electron chi connectivity index (χ4n) is 2.84. The Kier molecular flexibility index (Phi) is 5.07.